The topological polar surface area (TPSA) is 17.1 Å². The standard InChI is InChI=1S/C20H28O/c1-19-9-3-4-17(19)16-6-5-15-12-14(13-21)7-11-20(15,2)18(16)8-10-19/h8,12-14,16-17H,3-7,9-11H2,1-2H3/t14?,16-,17-,19-,20-/m0/s1. The molecule has 0 aromatic rings. The van der Waals surface area contributed by atoms with Crippen LogP contribution in [0, 0.1) is 28.6 Å². The van der Waals surface area contributed by atoms with Gasteiger partial charge in [-0.15, -0.1) is 0 Å². The van der Waals surface area contributed by atoms with Gasteiger partial charge in [0.25, 0.3) is 0 Å². The molecule has 5 atom stereocenters. The van der Waals surface area contributed by atoms with E-state index in [4.69, 9.17) is 0 Å². The average molecular weight is 284 g/mol. The highest BCUT2D eigenvalue weighted by atomic mass is 16.1. The average Bonchev–Trinajstić information content (AvgIpc) is 2.88. The Hall–Kier alpha value is -0.850. The van der Waals surface area contributed by atoms with Crippen LogP contribution in [-0.4, -0.2) is 6.29 Å². The van der Waals surface area contributed by atoms with E-state index in [1.165, 1.54) is 44.9 Å². The lowest BCUT2D eigenvalue weighted by Gasteiger charge is -2.53. The molecule has 0 bridgehead atoms. The molecule has 0 N–H and O–H groups in total. The first-order valence-electron chi connectivity index (χ1n) is 8.94. The maximum Gasteiger partial charge on any atom is 0.126 e. The highest BCUT2D eigenvalue weighted by molar-refractivity contribution is 5.58. The highest BCUT2D eigenvalue weighted by Crippen LogP contribution is 2.63. The van der Waals surface area contributed by atoms with E-state index >= 15 is 0 Å². The molecule has 4 rings (SSSR count). The number of carbonyl (C=O) groups excluding carboxylic acids is 1. The van der Waals surface area contributed by atoms with Crippen LogP contribution in [0.1, 0.15) is 65.2 Å². The Bertz CT molecular complexity index is 528. The molecule has 2 saturated carbocycles. The molecule has 0 spiro atoms. The predicted octanol–water partition coefficient (Wildman–Crippen LogP) is 5.07. The summed E-state index contributed by atoms with van der Waals surface area (Å²) in [4.78, 5) is 11.2. The van der Waals surface area contributed by atoms with Crippen molar-refractivity contribution in [3.05, 3.63) is 23.3 Å². The second-order valence-corrected chi connectivity index (χ2v) is 8.52. The van der Waals surface area contributed by atoms with Gasteiger partial charge in [0.05, 0.1) is 0 Å². The Labute approximate surface area is 128 Å². The van der Waals surface area contributed by atoms with Gasteiger partial charge >= 0.3 is 0 Å². The largest absolute Gasteiger partial charge is 0.303 e. The summed E-state index contributed by atoms with van der Waals surface area (Å²) < 4.78 is 0. The fourth-order valence-corrected chi connectivity index (χ4v) is 6.15. The van der Waals surface area contributed by atoms with Crippen molar-refractivity contribution >= 4 is 6.29 Å². The van der Waals surface area contributed by atoms with Gasteiger partial charge in [0, 0.05) is 11.3 Å². The van der Waals surface area contributed by atoms with Gasteiger partial charge in [-0.25, -0.2) is 0 Å². The van der Waals surface area contributed by atoms with E-state index in [-0.39, 0.29) is 11.3 Å². The van der Waals surface area contributed by atoms with E-state index in [0.29, 0.717) is 5.41 Å². The number of allylic oxidation sites excluding steroid dienone is 4. The van der Waals surface area contributed by atoms with Gasteiger partial charge in [0.2, 0.25) is 0 Å². The summed E-state index contributed by atoms with van der Waals surface area (Å²) in [6, 6.07) is 0. The van der Waals surface area contributed by atoms with Crippen molar-refractivity contribution in [1.82, 2.24) is 0 Å². The minimum Gasteiger partial charge on any atom is -0.303 e. The molecule has 0 saturated heterocycles. The number of aldehydes is 1. The van der Waals surface area contributed by atoms with Crippen molar-refractivity contribution in [3.63, 3.8) is 0 Å². The van der Waals surface area contributed by atoms with E-state index in [1.807, 2.05) is 0 Å². The zero-order valence-corrected chi connectivity index (χ0v) is 13.5. The number of hydrogen-bond donors (Lipinski definition) is 0. The Morgan fingerprint density at radius 3 is 2.86 bits per heavy atom. The van der Waals surface area contributed by atoms with Gasteiger partial charge in [-0.3, -0.25) is 0 Å². The van der Waals surface area contributed by atoms with Crippen molar-refractivity contribution in [2.45, 2.75) is 65.2 Å². The number of rotatable bonds is 1. The Kier molecular flexibility index (Phi) is 3.00. The maximum absolute atomic E-state index is 11.2. The van der Waals surface area contributed by atoms with E-state index in [1.54, 1.807) is 11.1 Å². The fourth-order valence-electron chi connectivity index (χ4n) is 6.15. The minimum atomic E-state index is 0.186. The molecule has 1 nitrogen and oxygen atoms in total. The highest BCUT2D eigenvalue weighted by Gasteiger charge is 2.52. The summed E-state index contributed by atoms with van der Waals surface area (Å²) in [5, 5.41) is 0. The Balaban J connectivity index is 1.73. The van der Waals surface area contributed by atoms with Crippen LogP contribution in [0.2, 0.25) is 0 Å². The first-order valence-corrected chi connectivity index (χ1v) is 8.94. The third-order valence-corrected chi connectivity index (χ3v) is 7.47. The zero-order valence-electron chi connectivity index (χ0n) is 13.5. The number of carbonyl (C=O) groups is 1. The molecule has 0 aromatic carbocycles. The van der Waals surface area contributed by atoms with Gasteiger partial charge in [0.15, 0.2) is 0 Å². The van der Waals surface area contributed by atoms with Crippen LogP contribution >= 0.6 is 0 Å². The molecule has 1 heteroatoms. The summed E-state index contributed by atoms with van der Waals surface area (Å²) >= 11 is 0. The lowest BCUT2D eigenvalue weighted by atomic mass is 9.51. The third kappa shape index (κ3) is 1.85. The third-order valence-electron chi connectivity index (χ3n) is 7.47. The van der Waals surface area contributed by atoms with Gasteiger partial charge in [-0.2, -0.15) is 0 Å². The molecule has 1 unspecified atom stereocenters. The van der Waals surface area contributed by atoms with Crippen LogP contribution < -0.4 is 0 Å². The summed E-state index contributed by atoms with van der Waals surface area (Å²) in [6.45, 7) is 5.00. The van der Waals surface area contributed by atoms with Crippen molar-refractivity contribution in [2.24, 2.45) is 28.6 Å². The molecule has 21 heavy (non-hydrogen) atoms. The molecule has 0 heterocycles. The predicted molar refractivity (Wildman–Crippen MR) is 85.9 cm³/mol. The van der Waals surface area contributed by atoms with E-state index < -0.39 is 0 Å². The summed E-state index contributed by atoms with van der Waals surface area (Å²) in [7, 11) is 0. The van der Waals surface area contributed by atoms with Crippen molar-refractivity contribution < 1.29 is 4.79 Å². The second kappa shape index (κ2) is 4.57. The summed E-state index contributed by atoms with van der Waals surface area (Å²) in [5.74, 6) is 1.95. The van der Waals surface area contributed by atoms with Crippen molar-refractivity contribution in [2.75, 3.05) is 0 Å². The Morgan fingerprint density at radius 2 is 2.05 bits per heavy atom. The van der Waals surface area contributed by atoms with Crippen LogP contribution in [0.3, 0.4) is 0 Å². The van der Waals surface area contributed by atoms with Crippen LogP contribution in [-0.2, 0) is 4.79 Å². The molecule has 114 valence electrons. The molecule has 2 fully saturated rings. The van der Waals surface area contributed by atoms with E-state index in [2.05, 4.69) is 26.0 Å². The van der Waals surface area contributed by atoms with Crippen molar-refractivity contribution in [3.8, 4) is 0 Å². The van der Waals surface area contributed by atoms with Crippen molar-refractivity contribution in [1.29, 1.82) is 0 Å². The number of fused-ring (bicyclic) bond motifs is 5. The van der Waals surface area contributed by atoms with Crippen LogP contribution in [0.4, 0.5) is 0 Å². The van der Waals surface area contributed by atoms with Crippen LogP contribution in [0.15, 0.2) is 23.3 Å². The normalized spacial score (nSPS) is 48.6. The zero-order chi connectivity index (χ0) is 14.7. The SMILES string of the molecule is C[C@]12CCC(C=O)C=C1CC[C@@H]1C2=CC[C@]2(C)CCC[C@@H]12. The summed E-state index contributed by atoms with van der Waals surface area (Å²) in [6.07, 6.45) is 16.5. The van der Waals surface area contributed by atoms with E-state index in [0.717, 1.165) is 24.5 Å². The first-order chi connectivity index (χ1) is 10.1. The van der Waals surface area contributed by atoms with Gasteiger partial charge in [-0.05, 0) is 62.2 Å². The maximum atomic E-state index is 11.2. The monoisotopic (exact) mass is 284 g/mol. The molecule has 0 aliphatic heterocycles. The second-order valence-electron chi connectivity index (χ2n) is 8.52. The molecular formula is C20H28O. The van der Waals surface area contributed by atoms with Crippen LogP contribution in [0.25, 0.3) is 0 Å². The summed E-state index contributed by atoms with van der Waals surface area (Å²) in [5.41, 5.74) is 4.21. The Morgan fingerprint density at radius 1 is 1.19 bits per heavy atom. The van der Waals surface area contributed by atoms with Gasteiger partial charge in [0.1, 0.15) is 6.29 Å². The van der Waals surface area contributed by atoms with Gasteiger partial charge in [-0.1, -0.05) is 43.6 Å². The molecule has 0 amide bonds. The first kappa shape index (κ1) is 13.8. The lowest BCUT2D eigenvalue weighted by molar-refractivity contribution is -0.110. The smallest absolute Gasteiger partial charge is 0.126 e. The quantitative estimate of drug-likeness (QED) is 0.485. The molecule has 0 radical (unpaired) electrons. The number of hydrogen-bond acceptors (Lipinski definition) is 1. The lowest BCUT2D eigenvalue weighted by Crippen LogP contribution is -2.42. The van der Waals surface area contributed by atoms with Gasteiger partial charge < -0.3 is 4.79 Å². The molecule has 4 aliphatic carbocycles. The van der Waals surface area contributed by atoms with Crippen LogP contribution in [0.5, 0.6) is 0 Å². The molecule has 4 aliphatic rings. The minimum absolute atomic E-state index is 0.186. The fraction of sp³-hybridized carbons (Fsp3) is 0.750. The molecule has 0 aromatic heterocycles. The van der Waals surface area contributed by atoms with E-state index in [9.17, 15) is 4.79 Å². The molecular weight excluding hydrogens is 256 g/mol.